The summed E-state index contributed by atoms with van der Waals surface area (Å²) in [5, 5.41) is 18.7. The van der Waals surface area contributed by atoms with E-state index in [-0.39, 0.29) is 5.91 Å². The number of carbonyl (C=O) groups excluding carboxylic acids is 1. The van der Waals surface area contributed by atoms with Crippen LogP contribution < -0.4 is 5.32 Å². The number of rotatable bonds is 7. The molecule has 2 rings (SSSR count). The van der Waals surface area contributed by atoms with Gasteiger partial charge in [0, 0.05) is 24.8 Å². The van der Waals surface area contributed by atoms with E-state index in [0.29, 0.717) is 29.7 Å². The summed E-state index contributed by atoms with van der Waals surface area (Å²) >= 11 is 1.46. The predicted molar refractivity (Wildman–Crippen MR) is 77.9 cm³/mol. The minimum absolute atomic E-state index is 0.112. The van der Waals surface area contributed by atoms with Crippen LogP contribution in [0.1, 0.15) is 26.0 Å². The largest absolute Gasteiger partial charge is 0.360 e. The molecule has 0 fully saturated rings. The van der Waals surface area contributed by atoms with Crippen molar-refractivity contribution < 1.29 is 9.32 Å². The molecule has 114 valence electrons. The molecule has 0 spiro atoms. The molecule has 0 bridgehead atoms. The van der Waals surface area contributed by atoms with E-state index >= 15 is 0 Å². The lowest BCUT2D eigenvalue weighted by molar-refractivity contribution is -0.115. The zero-order valence-corrected chi connectivity index (χ0v) is 13.1. The van der Waals surface area contributed by atoms with E-state index in [9.17, 15) is 4.79 Å². The number of aryl methyl sites for hydroxylation is 1. The van der Waals surface area contributed by atoms with Crippen LogP contribution in [0, 0.1) is 12.8 Å². The summed E-state index contributed by atoms with van der Waals surface area (Å²) in [6, 6.07) is 1.67. The number of hydrogen-bond donors (Lipinski definition) is 1. The molecular formula is C12H18N6O2S. The Morgan fingerprint density at radius 2 is 2.33 bits per heavy atom. The molecule has 0 aliphatic carbocycles. The van der Waals surface area contributed by atoms with Gasteiger partial charge >= 0.3 is 0 Å². The maximum absolute atomic E-state index is 11.7. The summed E-state index contributed by atoms with van der Waals surface area (Å²) in [6.07, 6.45) is 0.352. The quantitative estimate of drug-likeness (QED) is 0.778. The fraction of sp³-hybridized carbons (Fsp3) is 0.583. The lowest BCUT2D eigenvalue weighted by atomic mass is 10.2. The highest BCUT2D eigenvalue weighted by Gasteiger charge is 2.10. The summed E-state index contributed by atoms with van der Waals surface area (Å²) in [6.45, 7) is 6.74. The zero-order chi connectivity index (χ0) is 15.2. The molecule has 2 heterocycles. The maximum atomic E-state index is 11.7. The molecule has 0 saturated carbocycles. The first-order chi connectivity index (χ1) is 10.0. The molecule has 21 heavy (non-hydrogen) atoms. The SMILES string of the molecule is Cc1cc(NC(=O)CCSc2nnnn2CC(C)C)no1. The number of aromatic nitrogens is 5. The average molecular weight is 310 g/mol. The number of nitrogens with zero attached hydrogens (tertiary/aromatic N) is 5. The smallest absolute Gasteiger partial charge is 0.226 e. The molecule has 9 heteroatoms. The van der Waals surface area contributed by atoms with Crippen molar-refractivity contribution in [1.29, 1.82) is 0 Å². The molecule has 2 aromatic rings. The zero-order valence-electron chi connectivity index (χ0n) is 12.2. The Balaban J connectivity index is 1.76. The number of anilines is 1. The predicted octanol–water partition coefficient (Wildman–Crippen LogP) is 1.75. The minimum Gasteiger partial charge on any atom is -0.360 e. The molecular weight excluding hydrogens is 292 g/mol. The number of carbonyl (C=O) groups is 1. The van der Waals surface area contributed by atoms with Gasteiger partial charge in [0.25, 0.3) is 0 Å². The number of nitrogens with one attached hydrogen (secondary N) is 1. The number of tetrazole rings is 1. The molecule has 0 unspecified atom stereocenters. The number of amides is 1. The van der Waals surface area contributed by atoms with Crippen LogP contribution in [0.5, 0.6) is 0 Å². The highest BCUT2D eigenvalue weighted by atomic mass is 32.2. The standard InChI is InChI=1S/C12H18N6O2S/c1-8(2)7-18-12(14-16-17-18)21-5-4-11(19)13-10-6-9(3)20-15-10/h6,8H,4-5,7H2,1-3H3,(H,13,15,19). The van der Waals surface area contributed by atoms with Crippen molar-refractivity contribution in [2.24, 2.45) is 5.92 Å². The number of thioether (sulfide) groups is 1. The molecule has 8 nitrogen and oxygen atoms in total. The fourth-order valence-electron chi connectivity index (χ4n) is 1.63. The summed E-state index contributed by atoms with van der Waals surface area (Å²) in [7, 11) is 0. The summed E-state index contributed by atoms with van der Waals surface area (Å²) in [5.41, 5.74) is 0. The van der Waals surface area contributed by atoms with Crippen LogP contribution >= 0.6 is 11.8 Å². The molecule has 1 N–H and O–H groups in total. The van der Waals surface area contributed by atoms with Crippen molar-refractivity contribution in [3.63, 3.8) is 0 Å². The van der Waals surface area contributed by atoms with E-state index in [1.807, 2.05) is 0 Å². The normalized spacial score (nSPS) is 11.0. The lowest BCUT2D eigenvalue weighted by Gasteiger charge is -2.06. The van der Waals surface area contributed by atoms with Gasteiger partial charge in [0.15, 0.2) is 5.82 Å². The molecule has 0 saturated heterocycles. The van der Waals surface area contributed by atoms with Crippen LogP contribution in [0.25, 0.3) is 0 Å². The molecule has 1 amide bonds. The Morgan fingerprint density at radius 1 is 1.52 bits per heavy atom. The lowest BCUT2D eigenvalue weighted by Crippen LogP contribution is -2.13. The third kappa shape index (κ3) is 4.85. The Hall–Kier alpha value is -1.90. The van der Waals surface area contributed by atoms with Crippen molar-refractivity contribution in [3.05, 3.63) is 11.8 Å². The Bertz CT molecular complexity index is 594. The first-order valence-corrected chi connectivity index (χ1v) is 7.65. The van der Waals surface area contributed by atoms with Crippen molar-refractivity contribution in [1.82, 2.24) is 25.4 Å². The van der Waals surface area contributed by atoms with Crippen molar-refractivity contribution >= 4 is 23.5 Å². The van der Waals surface area contributed by atoms with Crippen LogP contribution in [-0.2, 0) is 11.3 Å². The molecule has 0 aromatic carbocycles. The van der Waals surface area contributed by atoms with Crippen molar-refractivity contribution in [2.75, 3.05) is 11.1 Å². The second-order valence-corrected chi connectivity index (χ2v) is 6.07. The van der Waals surface area contributed by atoms with E-state index in [1.54, 1.807) is 17.7 Å². The third-order valence-corrected chi connectivity index (χ3v) is 3.45. The van der Waals surface area contributed by atoms with Crippen molar-refractivity contribution in [3.8, 4) is 0 Å². The van der Waals surface area contributed by atoms with Crippen molar-refractivity contribution in [2.45, 2.75) is 38.9 Å². The fourth-order valence-corrected chi connectivity index (χ4v) is 2.45. The summed E-state index contributed by atoms with van der Waals surface area (Å²) < 4.78 is 6.64. The van der Waals surface area contributed by atoms with Gasteiger partial charge in [-0.25, -0.2) is 4.68 Å². The van der Waals surface area contributed by atoms with E-state index < -0.39 is 0 Å². The van der Waals surface area contributed by atoms with E-state index in [2.05, 4.69) is 39.8 Å². The monoisotopic (exact) mass is 310 g/mol. The van der Waals surface area contributed by atoms with E-state index in [1.165, 1.54) is 11.8 Å². The molecule has 0 radical (unpaired) electrons. The second-order valence-electron chi connectivity index (χ2n) is 5.01. The van der Waals surface area contributed by atoms with Gasteiger partial charge in [-0.3, -0.25) is 4.79 Å². The van der Waals surface area contributed by atoms with Crippen LogP contribution in [0.15, 0.2) is 15.7 Å². The number of hydrogen-bond acceptors (Lipinski definition) is 7. The van der Waals surface area contributed by atoms with Gasteiger partial charge < -0.3 is 9.84 Å². The first-order valence-electron chi connectivity index (χ1n) is 6.66. The molecule has 0 aliphatic heterocycles. The van der Waals surface area contributed by atoms with Gasteiger partial charge in [0.05, 0.1) is 0 Å². The highest BCUT2D eigenvalue weighted by molar-refractivity contribution is 7.99. The Morgan fingerprint density at radius 3 is 3.00 bits per heavy atom. The highest BCUT2D eigenvalue weighted by Crippen LogP contribution is 2.16. The second kappa shape index (κ2) is 7.21. The summed E-state index contributed by atoms with van der Waals surface area (Å²) in [5.74, 6) is 2.05. The van der Waals surface area contributed by atoms with Crippen LogP contribution in [0.3, 0.4) is 0 Å². The van der Waals surface area contributed by atoms with Gasteiger partial charge in [-0.15, -0.1) is 5.10 Å². The van der Waals surface area contributed by atoms with Gasteiger partial charge in [0.2, 0.25) is 11.1 Å². The van der Waals surface area contributed by atoms with Crippen LogP contribution in [0.4, 0.5) is 5.82 Å². The minimum atomic E-state index is -0.112. The Labute approximate surface area is 126 Å². The van der Waals surface area contributed by atoms with Gasteiger partial charge in [0.1, 0.15) is 5.76 Å². The third-order valence-electron chi connectivity index (χ3n) is 2.49. The summed E-state index contributed by atoms with van der Waals surface area (Å²) in [4.78, 5) is 11.7. The topological polar surface area (TPSA) is 98.7 Å². The average Bonchev–Trinajstić information content (AvgIpc) is 2.99. The Kier molecular flexibility index (Phi) is 5.32. The van der Waals surface area contributed by atoms with Gasteiger partial charge in [-0.05, 0) is 23.3 Å². The van der Waals surface area contributed by atoms with Gasteiger partial charge in [-0.1, -0.05) is 30.8 Å². The molecule has 2 aromatic heterocycles. The molecule has 0 aliphatic rings. The van der Waals surface area contributed by atoms with E-state index in [4.69, 9.17) is 4.52 Å². The molecule has 0 atom stereocenters. The van der Waals surface area contributed by atoms with Gasteiger partial charge in [-0.2, -0.15) is 0 Å². The van der Waals surface area contributed by atoms with Crippen LogP contribution in [0.2, 0.25) is 0 Å². The maximum Gasteiger partial charge on any atom is 0.226 e. The van der Waals surface area contributed by atoms with Crippen LogP contribution in [-0.4, -0.2) is 37.0 Å². The van der Waals surface area contributed by atoms with E-state index in [0.717, 1.165) is 11.7 Å². The first kappa shape index (κ1) is 15.5.